The van der Waals surface area contributed by atoms with E-state index in [0.717, 1.165) is 5.56 Å². The lowest BCUT2D eigenvalue weighted by Gasteiger charge is -2.19. The molecule has 3 aromatic rings. The van der Waals surface area contributed by atoms with E-state index >= 15 is 0 Å². The molecular formula is C21H22N2O2S. The van der Waals surface area contributed by atoms with Gasteiger partial charge in [0.1, 0.15) is 0 Å². The summed E-state index contributed by atoms with van der Waals surface area (Å²) in [6.07, 6.45) is 0. The summed E-state index contributed by atoms with van der Waals surface area (Å²) in [5, 5.41) is 8.20. The summed E-state index contributed by atoms with van der Waals surface area (Å²) in [5.41, 5.74) is 2.84. The van der Waals surface area contributed by atoms with Gasteiger partial charge in [-0.05, 0) is 30.0 Å². The number of hydrogen-bond acceptors (Lipinski definition) is 5. The largest absolute Gasteiger partial charge is 0.411 e. The molecular weight excluding hydrogens is 344 g/mol. The molecule has 0 saturated carbocycles. The Morgan fingerprint density at radius 3 is 2.27 bits per heavy atom. The van der Waals surface area contributed by atoms with Gasteiger partial charge in [0.15, 0.2) is 5.78 Å². The summed E-state index contributed by atoms with van der Waals surface area (Å²) in [6.45, 7) is 8.32. The highest BCUT2D eigenvalue weighted by Gasteiger charge is 2.21. The smallest absolute Gasteiger partial charge is 0.277 e. The highest BCUT2D eigenvalue weighted by Crippen LogP contribution is 2.28. The Kier molecular flexibility index (Phi) is 5.28. The van der Waals surface area contributed by atoms with E-state index in [1.165, 1.54) is 17.3 Å². The molecule has 26 heavy (non-hydrogen) atoms. The van der Waals surface area contributed by atoms with Gasteiger partial charge in [-0.25, -0.2) is 0 Å². The number of hydrogen-bond donors (Lipinski definition) is 0. The van der Waals surface area contributed by atoms with Gasteiger partial charge < -0.3 is 4.42 Å². The number of aromatic nitrogens is 2. The normalized spacial score (nSPS) is 12.8. The van der Waals surface area contributed by atoms with Crippen LogP contribution in [-0.2, 0) is 5.41 Å². The van der Waals surface area contributed by atoms with E-state index in [-0.39, 0.29) is 16.4 Å². The molecule has 0 aliphatic heterocycles. The van der Waals surface area contributed by atoms with Gasteiger partial charge in [-0.15, -0.1) is 10.2 Å². The fourth-order valence-electron chi connectivity index (χ4n) is 2.53. The topological polar surface area (TPSA) is 56.0 Å². The summed E-state index contributed by atoms with van der Waals surface area (Å²) in [7, 11) is 0. The molecule has 0 aliphatic carbocycles. The Morgan fingerprint density at radius 1 is 1.00 bits per heavy atom. The fraction of sp³-hybridized carbons (Fsp3) is 0.286. The number of benzene rings is 2. The Morgan fingerprint density at radius 2 is 1.65 bits per heavy atom. The number of carbonyl (C=O) groups excluding carboxylic acids is 1. The first-order valence-electron chi connectivity index (χ1n) is 8.55. The Hall–Kier alpha value is -2.40. The van der Waals surface area contributed by atoms with Gasteiger partial charge in [-0.2, -0.15) is 0 Å². The molecule has 0 saturated heterocycles. The second-order valence-corrected chi connectivity index (χ2v) is 8.48. The van der Waals surface area contributed by atoms with Crippen molar-refractivity contribution in [3.63, 3.8) is 0 Å². The predicted octanol–water partition coefficient (Wildman–Crippen LogP) is 5.40. The zero-order chi connectivity index (χ0) is 18.7. The lowest BCUT2D eigenvalue weighted by Crippen LogP contribution is -2.15. The third-order valence-corrected chi connectivity index (χ3v) is 5.04. The van der Waals surface area contributed by atoms with Crippen molar-refractivity contribution in [1.29, 1.82) is 0 Å². The number of ketones is 1. The van der Waals surface area contributed by atoms with Crippen molar-refractivity contribution in [2.45, 2.75) is 43.6 Å². The van der Waals surface area contributed by atoms with Gasteiger partial charge in [0.2, 0.25) is 5.89 Å². The summed E-state index contributed by atoms with van der Waals surface area (Å²) < 4.78 is 5.68. The van der Waals surface area contributed by atoms with Gasteiger partial charge in [-0.3, -0.25) is 4.79 Å². The van der Waals surface area contributed by atoms with Gasteiger partial charge in [0, 0.05) is 11.1 Å². The van der Waals surface area contributed by atoms with Crippen LogP contribution >= 0.6 is 11.8 Å². The minimum atomic E-state index is -0.306. The molecule has 0 amide bonds. The second kappa shape index (κ2) is 7.46. The van der Waals surface area contributed by atoms with Crippen molar-refractivity contribution in [2.24, 2.45) is 0 Å². The zero-order valence-electron chi connectivity index (χ0n) is 15.4. The van der Waals surface area contributed by atoms with Gasteiger partial charge >= 0.3 is 0 Å². The van der Waals surface area contributed by atoms with Crippen LogP contribution in [0, 0.1) is 0 Å². The summed E-state index contributed by atoms with van der Waals surface area (Å²) >= 11 is 1.28. The SMILES string of the molecule is C[C@@H](Sc1nnc(-c2ccccc2)o1)C(=O)c1ccc(C(C)(C)C)cc1. The first-order chi connectivity index (χ1) is 12.3. The monoisotopic (exact) mass is 366 g/mol. The quantitative estimate of drug-likeness (QED) is 0.447. The standard InChI is InChI=1S/C21H22N2O2S/c1-14(18(24)15-10-12-17(13-11-15)21(2,3)4)26-20-23-22-19(25-20)16-8-6-5-7-9-16/h5-14H,1-4H3/t14-/m1/s1. The lowest BCUT2D eigenvalue weighted by atomic mass is 9.86. The average Bonchev–Trinajstić information content (AvgIpc) is 3.09. The van der Waals surface area contributed by atoms with E-state index in [1.54, 1.807) is 0 Å². The molecule has 1 heterocycles. The van der Waals surface area contributed by atoms with Crippen molar-refractivity contribution < 1.29 is 9.21 Å². The fourth-order valence-corrected chi connectivity index (χ4v) is 3.29. The maximum absolute atomic E-state index is 12.7. The highest BCUT2D eigenvalue weighted by molar-refractivity contribution is 8.00. The molecule has 3 rings (SSSR count). The molecule has 0 fully saturated rings. The summed E-state index contributed by atoms with van der Waals surface area (Å²) in [5.74, 6) is 0.511. The molecule has 4 nitrogen and oxygen atoms in total. The van der Waals surface area contributed by atoms with Gasteiger partial charge in [0.05, 0.1) is 5.25 Å². The molecule has 0 aliphatic rings. The van der Waals surface area contributed by atoms with Crippen LogP contribution < -0.4 is 0 Å². The van der Waals surface area contributed by atoms with E-state index in [0.29, 0.717) is 16.7 Å². The van der Waals surface area contributed by atoms with Crippen molar-refractivity contribution >= 4 is 17.5 Å². The van der Waals surface area contributed by atoms with Gasteiger partial charge in [0.25, 0.3) is 5.22 Å². The van der Waals surface area contributed by atoms with Crippen LogP contribution in [0.4, 0.5) is 0 Å². The predicted molar refractivity (Wildman–Crippen MR) is 105 cm³/mol. The Bertz CT molecular complexity index is 880. The Balaban J connectivity index is 1.69. The number of nitrogens with zero attached hydrogens (tertiary/aromatic N) is 2. The van der Waals surface area contributed by atoms with Crippen LogP contribution in [0.15, 0.2) is 64.2 Å². The number of Topliss-reactive ketones (excluding diaryl/α,β-unsaturated/α-hetero) is 1. The van der Waals surface area contributed by atoms with Crippen LogP contribution in [0.3, 0.4) is 0 Å². The second-order valence-electron chi connectivity index (χ2n) is 7.19. The highest BCUT2D eigenvalue weighted by atomic mass is 32.2. The van der Waals surface area contributed by atoms with Crippen molar-refractivity contribution in [3.05, 3.63) is 65.7 Å². The molecule has 1 aromatic heterocycles. The van der Waals surface area contributed by atoms with E-state index in [4.69, 9.17) is 4.42 Å². The van der Waals surface area contributed by atoms with E-state index in [1.807, 2.05) is 61.5 Å². The van der Waals surface area contributed by atoms with Gasteiger partial charge in [-0.1, -0.05) is 75.0 Å². The number of thioether (sulfide) groups is 1. The third kappa shape index (κ3) is 4.22. The van der Waals surface area contributed by atoms with Crippen LogP contribution in [0.5, 0.6) is 0 Å². The van der Waals surface area contributed by atoms with Crippen molar-refractivity contribution in [1.82, 2.24) is 10.2 Å². The molecule has 134 valence electrons. The summed E-state index contributed by atoms with van der Waals surface area (Å²) in [4.78, 5) is 12.7. The summed E-state index contributed by atoms with van der Waals surface area (Å²) in [6, 6.07) is 17.4. The Labute approximate surface area is 158 Å². The molecule has 0 unspecified atom stereocenters. The minimum absolute atomic E-state index is 0.0509. The molecule has 5 heteroatoms. The molecule has 2 aromatic carbocycles. The first-order valence-corrected chi connectivity index (χ1v) is 9.43. The zero-order valence-corrected chi connectivity index (χ0v) is 16.2. The molecule has 1 atom stereocenters. The minimum Gasteiger partial charge on any atom is -0.411 e. The maximum Gasteiger partial charge on any atom is 0.277 e. The van der Waals surface area contributed by atoms with E-state index in [9.17, 15) is 4.79 Å². The molecule has 0 bridgehead atoms. The van der Waals surface area contributed by atoms with Crippen LogP contribution in [0.25, 0.3) is 11.5 Å². The first kappa shape index (κ1) is 18.4. The van der Waals surface area contributed by atoms with E-state index < -0.39 is 0 Å². The number of rotatable bonds is 5. The third-order valence-electron chi connectivity index (χ3n) is 4.11. The van der Waals surface area contributed by atoms with Crippen molar-refractivity contribution in [2.75, 3.05) is 0 Å². The van der Waals surface area contributed by atoms with Crippen LogP contribution in [0.2, 0.25) is 0 Å². The van der Waals surface area contributed by atoms with Crippen LogP contribution in [0.1, 0.15) is 43.6 Å². The molecule has 0 N–H and O–H groups in total. The average molecular weight is 366 g/mol. The van der Waals surface area contributed by atoms with Crippen molar-refractivity contribution in [3.8, 4) is 11.5 Å². The lowest BCUT2D eigenvalue weighted by molar-refractivity contribution is 0.0993. The molecule has 0 radical (unpaired) electrons. The van der Waals surface area contributed by atoms with Crippen LogP contribution in [-0.4, -0.2) is 21.2 Å². The molecule has 0 spiro atoms. The van der Waals surface area contributed by atoms with E-state index in [2.05, 4.69) is 31.0 Å². The maximum atomic E-state index is 12.7. The number of carbonyl (C=O) groups is 1.